The Morgan fingerprint density at radius 1 is 0.471 bits per heavy atom. The first kappa shape index (κ1) is 51.0. The molecule has 0 radical (unpaired) electrons. The zero-order chi connectivity index (χ0) is 67.7. The van der Waals surface area contributed by atoms with Gasteiger partial charge >= 0.3 is 0 Å². The number of hydrogen-bond acceptors (Lipinski definition) is 2. The summed E-state index contributed by atoms with van der Waals surface area (Å²) >= 11 is 0. The predicted octanol–water partition coefficient (Wildman–Crippen LogP) is 21.1. The van der Waals surface area contributed by atoms with Crippen molar-refractivity contribution >= 4 is 32.8 Å². The van der Waals surface area contributed by atoms with Gasteiger partial charge in [-0.2, -0.15) is 18.2 Å². The Morgan fingerprint density at radius 3 is 1.66 bits per heavy atom. The summed E-state index contributed by atoms with van der Waals surface area (Å²) in [5, 5.41) is 1.65. The van der Waals surface area contributed by atoms with Crippen molar-refractivity contribution in [3.05, 3.63) is 246 Å². The zero-order valence-electron chi connectivity index (χ0n) is 60.6. The first-order chi connectivity index (χ1) is 43.9. The van der Waals surface area contributed by atoms with Crippen molar-refractivity contribution in [2.45, 2.75) is 138 Å². The maximum Gasteiger partial charge on any atom is 0.268 e. The molecule has 6 heteroatoms. The van der Waals surface area contributed by atoms with Crippen molar-refractivity contribution < 1.29 is 41.3 Å². The van der Waals surface area contributed by atoms with Crippen LogP contribution in [0.1, 0.15) is 148 Å². The standard InChI is InChI=1S/C81H80N4O.Pt/c1-52-39-75(82-50-70(52)53-25-18-17-19-26-53)85-71-34-21-20-33-66(71)67-37-36-65(49-73(67)85)86-64-32-24-31-63(48-64)83-51-84(72-38-35-54(44-74(72)83)57-42-60(79(8,9)10)45-61(43-57)80(11,12)13)76-68(55-27-22-29-58(40-55)77(2,3)4)46-62(81(14,15)16)47-69(76)56-28-23-30-59(41-56)78(5,6)7;/h17-47,50H,1-16H3;/q-2;/i1D3,17D,18D,19D,25D,26D;. The SMILES string of the molecule is [2H]c1c([2H])c([2H])c(-c2cnc(-n3c4[c-]c(Oc5[c-]c(-n6[c-][n+](-c7c(-c8cccc(C(C)(C)C)c8)cc(C(C)(C)C)cc7-c7cccc(C(C)(C)C)c7)c7ccc(-c8cc(C(C)(C)C)cc(C(C)(C)C)c8)cc76)ccc5)ccc4c4ccccc43)cc2C([2H])([2H])[2H])c([2H])c1[2H].[Pt]. The van der Waals surface area contributed by atoms with E-state index in [2.05, 4.69) is 229 Å². The number of rotatable bonds is 9. The van der Waals surface area contributed by atoms with E-state index in [0.717, 1.165) is 60.9 Å². The van der Waals surface area contributed by atoms with Crippen LogP contribution in [0.4, 0.5) is 0 Å². The van der Waals surface area contributed by atoms with Gasteiger partial charge in [-0.05, 0) is 136 Å². The summed E-state index contributed by atoms with van der Waals surface area (Å²) in [7, 11) is 0. The Bertz CT molecular complexity index is 4880. The van der Waals surface area contributed by atoms with E-state index in [1.165, 1.54) is 40.1 Å². The van der Waals surface area contributed by atoms with Crippen LogP contribution in [0.5, 0.6) is 11.5 Å². The fraction of sp³-hybridized carbons (Fsp3) is 0.259. The second-order valence-electron chi connectivity index (χ2n) is 28.1. The third kappa shape index (κ3) is 11.9. The molecule has 0 saturated carbocycles. The molecule has 0 aliphatic carbocycles. The molecule has 3 aromatic heterocycles. The number of benzene rings is 9. The van der Waals surface area contributed by atoms with Crippen LogP contribution in [0, 0.1) is 25.3 Å². The fourth-order valence-electron chi connectivity index (χ4n) is 11.4. The van der Waals surface area contributed by atoms with Gasteiger partial charge in [0.05, 0.1) is 23.6 Å². The van der Waals surface area contributed by atoms with Crippen molar-refractivity contribution in [2.75, 3.05) is 0 Å². The molecule has 0 unspecified atom stereocenters. The first-order valence-electron chi connectivity index (χ1n) is 33.8. The monoisotopic (exact) mass is 1330 g/mol. The first-order valence-corrected chi connectivity index (χ1v) is 29.8. The summed E-state index contributed by atoms with van der Waals surface area (Å²) < 4.78 is 81.6. The number of nitrogens with zero attached hydrogens (tertiary/aromatic N) is 4. The van der Waals surface area contributed by atoms with Crippen molar-refractivity contribution in [1.82, 2.24) is 14.1 Å². The van der Waals surface area contributed by atoms with Gasteiger partial charge in [0, 0.05) is 54.0 Å². The Hall–Kier alpha value is -8.11. The predicted molar refractivity (Wildman–Crippen MR) is 360 cm³/mol. The zero-order valence-corrected chi connectivity index (χ0v) is 54.9. The fourth-order valence-corrected chi connectivity index (χ4v) is 11.4. The van der Waals surface area contributed by atoms with Gasteiger partial charge in [0.1, 0.15) is 5.82 Å². The van der Waals surface area contributed by atoms with Crippen LogP contribution in [0.2, 0.25) is 0 Å². The molecule has 12 aromatic rings. The van der Waals surface area contributed by atoms with E-state index in [1.807, 2.05) is 59.2 Å². The van der Waals surface area contributed by atoms with E-state index in [9.17, 15) is 0 Å². The summed E-state index contributed by atoms with van der Waals surface area (Å²) in [5.74, 6) is 0.981. The van der Waals surface area contributed by atoms with Crippen molar-refractivity contribution in [1.29, 1.82) is 0 Å². The topological polar surface area (TPSA) is 35.9 Å². The molecule has 442 valence electrons. The number of ether oxygens (including phenoxy) is 1. The van der Waals surface area contributed by atoms with Crippen LogP contribution in [-0.4, -0.2) is 14.1 Å². The second-order valence-corrected chi connectivity index (χ2v) is 28.1. The van der Waals surface area contributed by atoms with E-state index in [1.54, 1.807) is 0 Å². The summed E-state index contributed by atoms with van der Waals surface area (Å²) in [6, 6.07) is 59.7. The van der Waals surface area contributed by atoms with E-state index in [0.29, 0.717) is 28.2 Å². The number of para-hydroxylation sites is 1. The minimum atomic E-state index is -2.78. The van der Waals surface area contributed by atoms with Crippen LogP contribution in [-0.2, 0) is 48.1 Å². The molecule has 87 heavy (non-hydrogen) atoms. The van der Waals surface area contributed by atoms with Crippen LogP contribution < -0.4 is 9.30 Å². The normalized spacial score (nSPS) is 14.0. The van der Waals surface area contributed by atoms with Crippen LogP contribution in [0.15, 0.2) is 194 Å². The quantitative estimate of drug-likeness (QED) is 0.107. The molecular weight excluding hydrogens is 1240 g/mol. The van der Waals surface area contributed by atoms with E-state index in [4.69, 9.17) is 20.7 Å². The van der Waals surface area contributed by atoms with Crippen molar-refractivity contribution in [3.8, 4) is 73.2 Å². The molecule has 0 aliphatic heterocycles. The third-order valence-corrected chi connectivity index (χ3v) is 16.6. The molecule has 0 bridgehead atoms. The molecular formula is C81H80N4OPt-2. The van der Waals surface area contributed by atoms with Gasteiger partial charge in [0.25, 0.3) is 6.33 Å². The Labute approximate surface area is 542 Å². The number of aryl methyl sites for hydroxylation is 1. The van der Waals surface area contributed by atoms with Crippen molar-refractivity contribution in [2.24, 2.45) is 0 Å². The number of aromatic nitrogens is 4. The third-order valence-electron chi connectivity index (χ3n) is 16.6. The molecule has 0 N–H and O–H groups in total. The Kier molecular flexibility index (Phi) is 13.2. The molecule has 0 atom stereocenters. The van der Waals surface area contributed by atoms with Gasteiger partial charge in [-0.25, -0.2) is 4.98 Å². The van der Waals surface area contributed by atoms with E-state index < -0.39 is 37.1 Å². The van der Waals surface area contributed by atoms with Gasteiger partial charge in [-0.1, -0.05) is 249 Å². The summed E-state index contributed by atoms with van der Waals surface area (Å²) in [5.41, 5.74) is 16.2. The smallest absolute Gasteiger partial charge is 0.268 e. The minimum absolute atomic E-state index is 0. The summed E-state index contributed by atoms with van der Waals surface area (Å²) in [6.07, 6.45) is 5.26. The van der Waals surface area contributed by atoms with E-state index >= 15 is 0 Å². The molecule has 0 spiro atoms. The summed E-state index contributed by atoms with van der Waals surface area (Å²) in [4.78, 5) is 4.79. The Balaban J connectivity index is 0.00000919. The number of fused-ring (bicyclic) bond motifs is 4. The van der Waals surface area contributed by atoms with Crippen molar-refractivity contribution in [3.63, 3.8) is 0 Å². The van der Waals surface area contributed by atoms with E-state index in [-0.39, 0.29) is 70.6 Å². The Morgan fingerprint density at radius 2 is 1.05 bits per heavy atom. The van der Waals surface area contributed by atoms with Gasteiger partial charge in [0.2, 0.25) is 0 Å². The van der Waals surface area contributed by atoms with Crippen LogP contribution >= 0.6 is 0 Å². The van der Waals surface area contributed by atoms with Gasteiger partial charge in [-0.3, -0.25) is 4.57 Å². The molecule has 5 nitrogen and oxygen atoms in total. The average Bonchev–Trinajstić information content (AvgIpc) is 1.69. The maximum atomic E-state index is 8.75. The number of pyridine rings is 1. The van der Waals surface area contributed by atoms with Crippen LogP contribution in [0.3, 0.4) is 0 Å². The van der Waals surface area contributed by atoms with Gasteiger partial charge in [-0.15, -0.1) is 29.7 Å². The van der Waals surface area contributed by atoms with Gasteiger partial charge in [0.15, 0.2) is 0 Å². The van der Waals surface area contributed by atoms with Gasteiger partial charge < -0.3 is 13.9 Å². The summed E-state index contributed by atoms with van der Waals surface area (Å²) in [6.45, 7) is 31.3. The number of hydrogen-bond donors (Lipinski definition) is 0. The molecule has 0 aliphatic rings. The molecule has 3 heterocycles. The molecule has 12 rings (SSSR count). The molecule has 0 fully saturated rings. The molecule has 9 aromatic carbocycles. The second kappa shape index (κ2) is 22.6. The number of imidazole rings is 1. The molecule has 0 amide bonds. The molecule has 0 saturated heterocycles. The minimum Gasteiger partial charge on any atom is -0.510 e. The largest absolute Gasteiger partial charge is 0.510 e. The van der Waals surface area contributed by atoms with Crippen LogP contribution in [0.25, 0.3) is 94.5 Å². The average molecular weight is 1330 g/mol. The maximum absolute atomic E-state index is 8.75.